The molecule has 2 N–H and O–H groups in total. The van der Waals surface area contributed by atoms with E-state index in [1.807, 2.05) is 31.3 Å². The Labute approximate surface area is 164 Å². The Kier molecular flexibility index (Phi) is 4.37. The summed E-state index contributed by atoms with van der Waals surface area (Å²) in [5.41, 5.74) is 4.78. The zero-order valence-corrected chi connectivity index (χ0v) is 16.7. The van der Waals surface area contributed by atoms with Gasteiger partial charge >= 0.3 is 5.97 Å². The minimum atomic E-state index is -0.711. The predicted octanol–water partition coefficient (Wildman–Crippen LogP) is 6.00. The van der Waals surface area contributed by atoms with Crippen LogP contribution in [0.1, 0.15) is 18.4 Å². The Morgan fingerprint density at radius 2 is 1.58 bits per heavy atom. The maximum atomic E-state index is 11.5. The Morgan fingerprint density at radius 1 is 1.04 bits per heavy atom. The van der Waals surface area contributed by atoms with Crippen molar-refractivity contribution < 1.29 is 9.90 Å². The second-order valence-corrected chi connectivity index (χ2v) is 9.02. The number of hydrogen-bond acceptors (Lipinski definition) is 3. The fourth-order valence-corrected chi connectivity index (χ4v) is 4.92. The first-order chi connectivity index (χ1) is 12.5. The van der Waals surface area contributed by atoms with Crippen molar-refractivity contribution in [3.63, 3.8) is 0 Å². The van der Waals surface area contributed by atoms with E-state index in [-0.39, 0.29) is 0 Å². The van der Waals surface area contributed by atoms with Crippen LogP contribution in [0.3, 0.4) is 0 Å². The second kappa shape index (κ2) is 6.56. The Bertz CT molecular complexity index is 957. The van der Waals surface area contributed by atoms with E-state index in [2.05, 4.69) is 51.6 Å². The lowest BCUT2D eigenvalue weighted by atomic mass is 9.93. The van der Waals surface area contributed by atoms with Crippen LogP contribution in [0.15, 0.2) is 58.4 Å². The number of benzene rings is 2. The quantitative estimate of drug-likeness (QED) is 0.524. The number of thiophene rings is 1. The molecule has 0 spiro atoms. The molecule has 1 aliphatic carbocycles. The van der Waals surface area contributed by atoms with E-state index in [9.17, 15) is 9.90 Å². The van der Waals surface area contributed by atoms with Crippen LogP contribution in [0.25, 0.3) is 21.6 Å². The molecule has 0 saturated heterocycles. The molecule has 3 nitrogen and oxygen atoms in total. The maximum Gasteiger partial charge on any atom is 0.314 e. The zero-order chi connectivity index (χ0) is 18.3. The van der Waals surface area contributed by atoms with E-state index >= 15 is 0 Å². The number of carbonyl (C=O) groups is 1. The molecule has 0 amide bonds. The van der Waals surface area contributed by atoms with Gasteiger partial charge in [0.15, 0.2) is 0 Å². The van der Waals surface area contributed by atoms with E-state index in [1.165, 1.54) is 10.4 Å². The van der Waals surface area contributed by atoms with Gasteiger partial charge in [0.2, 0.25) is 0 Å². The topological polar surface area (TPSA) is 49.3 Å². The van der Waals surface area contributed by atoms with Gasteiger partial charge in [-0.05, 0) is 57.1 Å². The third-order valence-electron chi connectivity index (χ3n) is 5.05. The van der Waals surface area contributed by atoms with E-state index < -0.39 is 11.4 Å². The smallest absolute Gasteiger partial charge is 0.314 e. The van der Waals surface area contributed by atoms with Crippen molar-refractivity contribution in [2.45, 2.75) is 18.3 Å². The molecule has 3 aromatic rings. The number of hydrogen-bond donors (Lipinski definition) is 2. The van der Waals surface area contributed by atoms with Crippen LogP contribution in [0, 0.1) is 0 Å². The SMILES string of the molecule is CNc1cc(Br)sc1-c1ccc(-c2ccc(C3(C(=O)O)CC3)cc2)cc1. The number of carboxylic acids is 1. The van der Waals surface area contributed by atoms with Crippen LogP contribution in [0.2, 0.25) is 0 Å². The predicted molar refractivity (Wildman–Crippen MR) is 111 cm³/mol. The van der Waals surface area contributed by atoms with E-state index in [0.717, 1.165) is 39.0 Å². The molecule has 0 atom stereocenters. The summed E-state index contributed by atoms with van der Waals surface area (Å²) in [5.74, 6) is -0.711. The van der Waals surface area contributed by atoms with Gasteiger partial charge in [-0.15, -0.1) is 11.3 Å². The summed E-state index contributed by atoms with van der Waals surface area (Å²) >= 11 is 5.25. The first kappa shape index (κ1) is 17.3. The monoisotopic (exact) mass is 427 g/mol. The summed E-state index contributed by atoms with van der Waals surface area (Å²) in [6.45, 7) is 0. The molecule has 2 aromatic carbocycles. The second-order valence-electron chi connectivity index (χ2n) is 6.59. The minimum Gasteiger partial charge on any atom is -0.481 e. The molecule has 0 unspecified atom stereocenters. The normalized spacial score (nSPS) is 14.8. The minimum absolute atomic E-state index is 0.640. The van der Waals surface area contributed by atoms with Gasteiger partial charge in [-0.1, -0.05) is 48.5 Å². The van der Waals surface area contributed by atoms with E-state index in [4.69, 9.17) is 0 Å². The number of nitrogens with one attached hydrogen (secondary N) is 1. The molecule has 1 fully saturated rings. The zero-order valence-electron chi connectivity index (χ0n) is 14.3. The van der Waals surface area contributed by atoms with Crippen molar-refractivity contribution >= 4 is 38.9 Å². The van der Waals surface area contributed by atoms with Gasteiger partial charge in [0.25, 0.3) is 0 Å². The summed E-state index contributed by atoms with van der Waals surface area (Å²) in [6, 6.07) is 18.5. The van der Waals surface area contributed by atoms with Gasteiger partial charge in [-0.3, -0.25) is 4.79 Å². The van der Waals surface area contributed by atoms with E-state index in [1.54, 1.807) is 11.3 Å². The standard InChI is InChI=1S/C21H18BrNO2S/c1-23-17-12-18(22)26-19(17)15-4-2-13(3-5-15)14-6-8-16(9-7-14)21(10-11-21)20(24)25/h2-9,12,23H,10-11H2,1H3,(H,24,25). The molecule has 0 radical (unpaired) electrons. The van der Waals surface area contributed by atoms with Crippen molar-refractivity contribution in [3.8, 4) is 21.6 Å². The van der Waals surface area contributed by atoms with Crippen LogP contribution in [-0.2, 0) is 10.2 Å². The molecule has 0 aliphatic heterocycles. The molecule has 1 heterocycles. The van der Waals surface area contributed by atoms with Crippen LogP contribution in [0.5, 0.6) is 0 Å². The molecule has 1 aliphatic rings. The number of carboxylic acid groups (broad SMARTS) is 1. The molecule has 0 bridgehead atoms. The molecule has 26 heavy (non-hydrogen) atoms. The first-order valence-corrected chi connectivity index (χ1v) is 10.1. The van der Waals surface area contributed by atoms with Crippen LogP contribution < -0.4 is 5.32 Å². The number of halogens is 1. The molecule has 132 valence electrons. The summed E-state index contributed by atoms with van der Waals surface area (Å²) in [4.78, 5) is 12.7. The Morgan fingerprint density at radius 3 is 2.08 bits per heavy atom. The van der Waals surface area contributed by atoms with Crippen LogP contribution >= 0.6 is 27.3 Å². The maximum absolute atomic E-state index is 11.5. The van der Waals surface area contributed by atoms with Gasteiger partial charge in [-0.25, -0.2) is 0 Å². The Hall–Kier alpha value is -2.11. The number of aliphatic carboxylic acids is 1. The van der Waals surface area contributed by atoms with Gasteiger partial charge in [0, 0.05) is 7.05 Å². The molecule has 5 heteroatoms. The lowest BCUT2D eigenvalue weighted by Crippen LogP contribution is -2.19. The van der Waals surface area contributed by atoms with Crippen molar-refractivity contribution in [3.05, 3.63) is 63.9 Å². The lowest BCUT2D eigenvalue weighted by molar-refractivity contribution is -0.140. The van der Waals surface area contributed by atoms with Crippen molar-refractivity contribution in [1.29, 1.82) is 0 Å². The molecular weight excluding hydrogens is 410 g/mol. The van der Waals surface area contributed by atoms with Gasteiger partial charge in [0.05, 0.1) is 19.8 Å². The van der Waals surface area contributed by atoms with Crippen LogP contribution in [0.4, 0.5) is 5.69 Å². The van der Waals surface area contributed by atoms with Gasteiger partial charge in [0.1, 0.15) is 0 Å². The third kappa shape index (κ3) is 2.95. The summed E-state index contributed by atoms with van der Waals surface area (Å²) in [6.07, 6.45) is 1.47. The third-order valence-corrected chi connectivity index (χ3v) is 6.74. The molecular formula is C21H18BrNO2S. The average molecular weight is 428 g/mol. The van der Waals surface area contributed by atoms with Crippen LogP contribution in [-0.4, -0.2) is 18.1 Å². The van der Waals surface area contributed by atoms with E-state index in [0.29, 0.717) is 0 Å². The highest BCUT2D eigenvalue weighted by Crippen LogP contribution is 2.48. The van der Waals surface area contributed by atoms with Gasteiger partial charge in [-0.2, -0.15) is 0 Å². The lowest BCUT2D eigenvalue weighted by Gasteiger charge is -2.11. The highest BCUT2D eigenvalue weighted by atomic mass is 79.9. The average Bonchev–Trinajstić information content (AvgIpc) is 3.39. The number of rotatable bonds is 5. The highest BCUT2D eigenvalue weighted by Gasteiger charge is 2.51. The van der Waals surface area contributed by atoms with Gasteiger partial charge < -0.3 is 10.4 Å². The largest absolute Gasteiger partial charge is 0.481 e. The molecule has 4 rings (SSSR count). The Balaban J connectivity index is 1.60. The highest BCUT2D eigenvalue weighted by molar-refractivity contribution is 9.11. The summed E-state index contributed by atoms with van der Waals surface area (Å²) in [7, 11) is 1.93. The first-order valence-electron chi connectivity index (χ1n) is 8.45. The summed E-state index contributed by atoms with van der Waals surface area (Å²) in [5, 5.41) is 12.6. The fraction of sp³-hybridized carbons (Fsp3) is 0.190. The molecule has 1 saturated carbocycles. The molecule has 1 aromatic heterocycles. The summed E-state index contributed by atoms with van der Waals surface area (Å²) < 4.78 is 1.10. The van der Waals surface area contributed by atoms with Crippen molar-refractivity contribution in [2.75, 3.05) is 12.4 Å². The number of anilines is 1. The van der Waals surface area contributed by atoms with Crippen molar-refractivity contribution in [2.24, 2.45) is 0 Å². The fourth-order valence-electron chi connectivity index (χ4n) is 3.31. The van der Waals surface area contributed by atoms with Crippen molar-refractivity contribution in [1.82, 2.24) is 0 Å².